The summed E-state index contributed by atoms with van der Waals surface area (Å²) in [6.07, 6.45) is 1.31. The normalized spacial score (nSPS) is 9.91. The zero-order valence-corrected chi connectivity index (χ0v) is 6.46. The van der Waals surface area contributed by atoms with Crippen LogP contribution in [0.2, 0.25) is 0 Å². The average molecular weight is 146 g/mol. The molecule has 0 aliphatic carbocycles. The van der Waals surface area contributed by atoms with Crippen molar-refractivity contribution in [3.8, 4) is 0 Å². The van der Waals surface area contributed by atoms with Crippen LogP contribution in [-0.4, -0.2) is 19.6 Å². The molecular weight excluding hydrogens is 135 g/mol. The third-order valence-corrected chi connectivity index (χ3v) is 1.66. The predicted molar refractivity (Wildman–Crippen MR) is 46.7 cm³/mol. The number of aliphatic hydroxyl groups excluding tert-OH is 1. The van der Waals surface area contributed by atoms with Gasteiger partial charge in [0.2, 0.25) is 0 Å². The Hall–Kier alpha value is -0.755. The van der Waals surface area contributed by atoms with Gasteiger partial charge in [0.05, 0.1) is 7.85 Å². The molecule has 0 atom stereocenters. The zero-order valence-electron chi connectivity index (χ0n) is 6.46. The Labute approximate surface area is 68.5 Å². The maximum absolute atomic E-state index is 8.62. The van der Waals surface area contributed by atoms with Crippen LogP contribution in [0.4, 0.5) is 0 Å². The van der Waals surface area contributed by atoms with Crippen LogP contribution < -0.4 is 0 Å². The van der Waals surface area contributed by atoms with Crippen LogP contribution in [0.25, 0.3) is 0 Å². The smallest absolute Gasteiger partial charge is 0.0716 e. The standard InChI is InChI=1S/C9H11BO/c10-7-9-3-1-8(2-4-9)5-6-11/h1-4,11H,5-7H2. The highest BCUT2D eigenvalue weighted by Crippen LogP contribution is 2.04. The minimum atomic E-state index is 0.210. The van der Waals surface area contributed by atoms with Crippen molar-refractivity contribution in [2.24, 2.45) is 0 Å². The SMILES string of the molecule is [B]Cc1ccc(CCO)cc1. The lowest BCUT2D eigenvalue weighted by atomic mass is 9.96. The summed E-state index contributed by atoms with van der Waals surface area (Å²) in [5.41, 5.74) is 2.29. The monoisotopic (exact) mass is 146 g/mol. The van der Waals surface area contributed by atoms with Crippen LogP contribution in [0.5, 0.6) is 0 Å². The van der Waals surface area contributed by atoms with Gasteiger partial charge in [0.1, 0.15) is 0 Å². The number of hydrogen-bond donors (Lipinski definition) is 1. The summed E-state index contributed by atoms with van der Waals surface area (Å²) in [5.74, 6) is 0. The molecule has 0 saturated heterocycles. The van der Waals surface area contributed by atoms with Gasteiger partial charge in [-0.1, -0.05) is 36.1 Å². The van der Waals surface area contributed by atoms with Gasteiger partial charge < -0.3 is 5.11 Å². The molecule has 0 unspecified atom stereocenters. The van der Waals surface area contributed by atoms with Crippen molar-refractivity contribution in [3.05, 3.63) is 35.4 Å². The van der Waals surface area contributed by atoms with Crippen molar-refractivity contribution < 1.29 is 5.11 Å². The number of aliphatic hydroxyl groups is 1. The Balaban J connectivity index is 2.66. The van der Waals surface area contributed by atoms with E-state index >= 15 is 0 Å². The van der Waals surface area contributed by atoms with Crippen LogP contribution >= 0.6 is 0 Å². The molecule has 1 aromatic rings. The molecule has 0 fully saturated rings. The number of benzene rings is 1. The molecule has 0 aliphatic heterocycles. The highest BCUT2D eigenvalue weighted by molar-refractivity contribution is 6.08. The second kappa shape index (κ2) is 4.19. The molecule has 0 spiro atoms. The van der Waals surface area contributed by atoms with Gasteiger partial charge in [-0.25, -0.2) is 0 Å². The predicted octanol–water partition coefficient (Wildman–Crippen LogP) is 0.890. The molecule has 0 aromatic heterocycles. The molecule has 56 valence electrons. The summed E-state index contributed by atoms with van der Waals surface area (Å²) in [5, 5.41) is 8.62. The fourth-order valence-electron chi connectivity index (χ4n) is 0.971. The maximum Gasteiger partial charge on any atom is 0.0716 e. The van der Waals surface area contributed by atoms with Crippen molar-refractivity contribution in [1.82, 2.24) is 0 Å². The van der Waals surface area contributed by atoms with Crippen LogP contribution in [0.15, 0.2) is 24.3 Å². The largest absolute Gasteiger partial charge is 0.396 e. The third-order valence-electron chi connectivity index (χ3n) is 1.66. The third kappa shape index (κ3) is 2.39. The minimum absolute atomic E-state index is 0.210. The second-order valence-electron chi connectivity index (χ2n) is 2.49. The Morgan fingerprint density at radius 1 is 1.09 bits per heavy atom. The van der Waals surface area contributed by atoms with E-state index in [1.165, 1.54) is 0 Å². The van der Waals surface area contributed by atoms with Gasteiger partial charge in [-0.15, -0.1) is 0 Å². The van der Waals surface area contributed by atoms with Gasteiger partial charge in [-0.2, -0.15) is 0 Å². The summed E-state index contributed by atoms with van der Waals surface area (Å²) in [4.78, 5) is 0. The molecule has 11 heavy (non-hydrogen) atoms. The summed E-state index contributed by atoms with van der Waals surface area (Å²) in [6.45, 7) is 0.210. The molecule has 0 heterocycles. The lowest BCUT2D eigenvalue weighted by molar-refractivity contribution is 0.299. The lowest BCUT2D eigenvalue weighted by Gasteiger charge is -1.99. The van der Waals surface area contributed by atoms with E-state index in [2.05, 4.69) is 0 Å². The molecule has 2 radical (unpaired) electrons. The van der Waals surface area contributed by atoms with E-state index in [9.17, 15) is 0 Å². The fraction of sp³-hybridized carbons (Fsp3) is 0.333. The molecule has 0 aliphatic rings. The summed E-state index contributed by atoms with van der Waals surface area (Å²) in [7, 11) is 5.42. The van der Waals surface area contributed by atoms with Crippen molar-refractivity contribution in [2.45, 2.75) is 12.7 Å². The van der Waals surface area contributed by atoms with E-state index in [1.54, 1.807) is 0 Å². The minimum Gasteiger partial charge on any atom is -0.396 e. The Morgan fingerprint density at radius 3 is 2.09 bits per heavy atom. The van der Waals surface area contributed by atoms with Gasteiger partial charge in [-0.05, 0) is 12.0 Å². The molecule has 2 heteroatoms. The molecule has 1 aromatic carbocycles. The van der Waals surface area contributed by atoms with Crippen molar-refractivity contribution in [1.29, 1.82) is 0 Å². The van der Waals surface area contributed by atoms with E-state index in [0.717, 1.165) is 17.5 Å². The lowest BCUT2D eigenvalue weighted by Crippen LogP contribution is -1.91. The molecule has 0 saturated carbocycles. The second-order valence-corrected chi connectivity index (χ2v) is 2.49. The molecule has 0 bridgehead atoms. The van der Waals surface area contributed by atoms with E-state index in [-0.39, 0.29) is 6.61 Å². The molecule has 1 rings (SSSR count). The van der Waals surface area contributed by atoms with Gasteiger partial charge in [0.25, 0.3) is 0 Å². The number of hydrogen-bond acceptors (Lipinski definition) is 1. The van der Waals surface area contributed by atoms with Crippen molar-refractivity contribution >= 4 is 7.85 Å². The first-order chi connectivity index (χ1) is 5.36. The molecule has 1 nitrogen and oxygen atoms in total. The average Bonchev–Trinajstić information content (AvgIpc) is 2.07. The van der Waals surface area contributed by atoms with E-state index < -0.39 is 0 Å². The first-order valence-electron chi connectivity index (χ1n) is 3.75. The first-order valence-corrected chi connectivity index (χ1v) is 3.75. The number of rotatable bonds is 3. The Morgan fingerprint density at radius 2 is 1.64 bits per heavy atom. The van der Waals surface area contributed by atoms with Gasteiger partial charge in [0.15, 0.2) is 0 Å². The Bertz CT molecular complexity index is 205. The van der Waals surface area contributed by atoms with Crippen LogP contribution in [-0.2, 0) is 12.7 Å². The highest BCUT2D eigenvalue weighted by Gasteiger charge is 1.90. The molecule has 1 N–H and O–H groups in total. The zero-order chi connectivity index (χ0) is 8.10. The van der Waals surface area contributed by atoms with Crippen molar-refractivity contribution in [2.75, 3.05) is 6.61 Å². The van der Waals surface area contributed by atoms with Gasteiger partial charge in [0, 0.05) is 6.61 Å². The van der Waals surface area contributed by atoms with Gasteiger partial charge in [-0.3, -0.25) is 0 Å². The first kappa shape index (κ1) is 8.34. The van der Waals surface area contributed by atoms with E-state index in [0.29, 0.717) is 6.32 Å². The molecule has 0 amide bonds. The summed E-state index contributed by atoms with van der Waals surface area (Å²) in [6, 6.07) is 7.98. The van der Waals surface area contributed by atoms with Gasteiger partial charge >= 0.3 is 0 Å². The topological polar surface area (TPSA) is 20.2 Å². The Kier molecular flexibility index (Phi) is 3.18. The quantitative estimate of drug-likeness (QED) is 0.627. The van der Waals surface area contributed by atoms with E-state index in [1.807, 2.05) is 24.3 Å². The van der Waals surface area contributed by atoms with Crippen LogP contribution in [0.3, 0.4) is 0 Å². The van der Waals surface area contributed by atoms with Crippen LogP contribution in [0, 0.1) is 0 Å². The highest BCUT2D eigenvalue weighted by atomic mass is 16.2. The summed E-state index contributed by atoms with van der Waals surface area (Å²) < 4.78 is 0. The van der Waals surface area contributed by atoms with Crippen molar-refractivity contribution in [3.63, 3.8) is 0 Å². The van der Waals surface area contributed by atoms with Crippen LogP contribution in [0.1, 0.15) is 11.1 Å². The maximum atomic E-state index is 8.62. The fourth-order valence-corrected chi connectivity index (χ4v) is 0.971. The van der Waals surface area contributed by atoms with E-state index in [4.69, 9.17) is 13.0 Å². The summed E-state index contributed by atoms with van der Waals surface area (Å²) >= 11 is 0. The molecular formula is C9H11BO.